The van der Waals surface area contributed by atoms with Crippen LogP contribution < -0.4 is 5.73 Å². The van der Waals surface area contributed by atoms with E-state index in [2.05, 4.69) is 5.16 Å². The molecule has 12 nitrogen and oxygen atoms in total. The number of oxime groups is 1. The van der Waals surface area contributed by atoms with Crippen molar-refractivity contribution in [2.75, 3.05) is 0 Å². The molecule has 0 aliphatic rings. The first-order valence-corrected chi connectivity index (χ1v) is 7.70. The summed E-state index contributed by atoms with van der Waals surface area (Å²) in [4.78, 5) is 41.6. The smallest absolute Gasteiger partial charge is 0.344 e. The number of carbonyl (C=O) groups is 1. The summed E-state index contributed by atoms with van der Waals surface area (Å²) < 4.78 is 0. The molecule has 0 spiro atoms. The first kappa shape index (κ1) is 20.3. The van der Waals surface area contributed by atoms with Crippen LogP contribution in [0.1, 0.15) is 11.1 Å². The number of primary amides is 1. The number of urea groups is 1. The summed E-state index contributed by atoms with van der Waals surface area (Å²) in [6.07, 6.45) is 0.916. The molecular weight excluding hydrogens is 374 g/mol. The third-order valence-corrected chi connectivity index (χ3v) is 3.34. The van der Waals surface area contributed by atoms with Crippen molar-refractivity contribution in [1.82, 2.24) is 5.06 Å². The van der Waals surface area contributed by atoms with Crippen molar-refractivity contribution in [3.05, 3.63) is 79.9 Å². The zero-order valence-corrected chi connectivity index (χ0v) is 14.3. The number of hydrogen-bond donors (Lipinski definition) is 1. The fourth-order valence-electron chi connectivity index (χ4n) is 1.91. The van der Waals surface area contributed by atoms with Crippen LogP contribution in [0.15, 0.2) is 53.7 Å². The monoisotopic (exact) mass is 389 g/mol. The van der Waals surface area contributed by atoms with Gasteiger partial charge < -0.3 is 10.6 Å². The number of hydroxylamine groups is 2. The lowest BCUT2D eigenvalue weighted by Crippen LogP contribution is -2.34. The maximum absolute atomic E-state index is 11.4. The molecule has 0 aliphatic heterocycles. The van der Waals surface area contributed by atoms with Crippen molar-refractivity contribution < 1.29 is 24.3 Å². The van der Waals surface area contributed by atoms with Crippen LogP contribution in [0.25, 0.3) is 0 Å². The average Bonchev–Trinajstić information content (AvgIpc) is 2.67. The number of nitro groups is 2. The van der Waals surface area contributed by atoms with Gasteiger partial charge in [0.1, 0.15) is 13.2 Å². The third kappa shape index (κ3) is 6.03. The van der Waals surface area contributed by atoms with Crippen LogP contribution in [0.4, 0.5) is 16.2 Å². The van der Waals surface area contributed by atoms with E-state index in [0.29, 0.717) is 16.2 Å². The molecule has 2 aromatic rings. The minimum absolute atomic E-state index is 0.00342. The molecule has 0 aromatic heterocycles. The lowest BCUT2D eigenvalue weighted by molar-refractivity contribution is -0.385. The van der Waals surface area contributed by atoms with E-state index in [1.807, 2.05) is 0 Å². The van der Waals surface area contributed by atoms with Gasteiger partial charge in [-0.3, -0.25) is 25.1 Å². The van der Waals surface area contributed by atoms with Crippen molar-refractivity contribution in [3.8, 4) is 0 Å². The Morgan fingerprint density at radius 2 is 1.43 bits per heavy atom. The molecule has 0 heterocycles. The summed E-state index contributed by atoms with van der Waals surface area (Å²) >= 11 is 0. The number of nitrogens with zero attached hydrogens (tertiary/aromatic N) is 4. The summed E-state index contributed by atoms with van der Waals surface area (Å²) in [6.45, 7) is -0.0846. The average molecular weight is 389 g/mol. The summed E-state index contributed by atoms with van der Waals surface area (Å²) in [6, 6.07) is 10.2. The predicted octanol–water partition coefficient (Wildman–Crippen LogP) is 2.48. The highest BCUT2D eigenvalue weighted by atomic mass is 16.7. The quantitative estimate of drug-likeness (QED) is 0.298. The fraction of sp³-hybridized carbons (Fsp3) is 0.125. The molecule has 146 valence electrons. The summed E-state index contributed by atoms with van der Waals surface area (Å²) in [5.41, 5.74) is 6.24. The molecule has 0 saturated carbocycles. The number of carbonyl (C=O) groups excluding carboxylic acids is 1. The van der Waals surface area contributed by atoms with Crippen molar-refractivity contribution in [3.63, 3.8) is 0 Å². The van der Waals surface area contributed by atoms with Crippen molar-refractivity contribution in [2.45, 2.75) is 13.2 Å². The van der Waals surface area contributed by atoms with E-state index in [1.54, 1.807) is 0 Å². The van der Waals surface area contributed by atoms with Gasteiger partial charge in [-0.25, -0.2) is 4.79 Å². The highest BCUT2D eigenvalue weighted by Crippen LogP contribution is 2.13. The van der Waals surface area contributed by atoms with Gasteiger partial charge in [0.05, 0.1) is 9.85 Å². The number of nitrogens with two attached hydrogens (primary N) is 1. The Morgan fingerprint density at radius 3 is 1.86 bits per heavy atom. The molecule has 0 aliphatic carbocycles. The predicted molar refractivity (Wildman–Crippen MR) is 95.7 cm³/mol. The van der Waals surface area contributed by atoms with Crippen LogP contribution in [0.2, 0.25) is 0 Å². The van der Waals surface area contributed by atoms with Crippen LogP contribution in [0.3, 0.4) is 0 Å². The van der Waals surface area contributed by atoms with E-state index >= 15 is 0 Å². The van der Waals surface area contributed by atoms with E-state index in [1.165, 1.54) is 48.5 Å². The Labute approximate surface area is 158 Å². The lowest BCUT2D eigenvalue weighted by Gasteiger charge is -2.13. The van der Waals surface area contributed by atoms with E-state index in [0.717, 1.165) is 6.34 Å². The Hall–Kier alpha value is -4.06. The summed E-state index contributed by atoms with van der Waals surface area (Å²) in [7, 11) is 0. The topological polar surface area (TPSA) is 163 Å². The normalized spacial score (nSPS) is 10.6. The van der Waals surface area contributed by atoms with Crippen LogP contribution in [0, 0.1) is 20.2 Å². The number of benzene rings is 2. The second-order valence-electron chi connectivity index (χ2n) is 5.28. The molecule has 0 unspecified atom stereocenters. The van der Waals surface area contributed by atoms with Gasteiger partial charge in [0, 0.05) is 24.3 Å². The third-order valence-electron chi connectivity index (χ3n) is 3.34. The molecule has 12 heteroatoms. The number of non-ortho nitro benzene ring substituents is 2. The van der Waals surface area contributed by atoms with Gasteiger partial charge in [-0.1, -0.05) is 5.16 Å². The second-order valence-corrected chi connectivity index (χ2v) is 5.28. The number of nitro benzene ring substituents is 2. The molecule has 0 radical (unpaired) electrons. The number of amides is 2. The van der Waals surface area contributed by atoms with Crippen molar-refractivity contribution >= 4 is 23.7 Å². The van der Waals surface area contributed by atoms with E-state index in [9.17, 15) is 25.0 Å². The van der Waals surface area contributed by atoms with E-state index in [4.69, 9.17) is 15.4 Å². The molecule has 2 amide bonds. The highest BCUT2D eigenvalue weighted by Gasteiger charge is 2.10. The Morgan fingerprint density at radius 1 is 0.964 bits per heavy atom. The van der Waals surface area contributed by atoms with Gasteiger partial charge >= 0.3 is 6.03 Å². The van der Waals surface area contributed by atoms with Gasteiger partial charge in [-0.05, 0) is 35.4 Å². The van der Waals surface area contributed by atoms with Gasteiger partial charge in [-0.2, -0.15) is 5.06 Å². The Bertz CT molecular complexity index is 868. The zero-order chi connectivity index (χ0) is 20.5. The minimum Gasteiger partial charge on any atom is -0.390 e. The molecule has 0 atom stereocenters. The summed E-state index contributed by atoms with van der Waals surface area (Å²) in [5.74, 6) is 0. The van der Waals surface area contributed by atoms with Gasteiger partial charge in [0.25, 0.3) is 11.4 Å². The fourth-order valence-corrected chi connectivity index (χ4v) is 1.91. The maximum Gasteiger partial charge on any atom is 0.344 e. The Kier molecular flexibility index (Phi) is 6.93. The molecule has 0 fully saturated rings. The van der Waals surface area contributed by atoms with E-state index in [-0.39, 0.29) is 24.6 Å². The molecular formula is C16H15N5O7. The molecule has 2 aromatic carbocycles. The van der Waals surface area contributed by atoms with Gasteiger partial charge in [-0.15, -0.1) is 0 Å². The van der Waals surface area contributed by atoms with Crippen molar-refractivity contribution in [2.24, 2.45) is 10.9 Å². The zero-order valence-electron chi connectivity index (χ0n) is 14.3. The first-order chi connectivity index (χ1) is 13.4. The van der Waals surface area contributed by atoms with Crippen LogP contribution in [-0.4, -0.2) is 27.3 Å². The molecule has 0 saturated heterocycles. The molecule has 0 bridgehead atoms. The van der Waals surface area contributed by atoms with E-state index < -0.39 is 15.9 Å². The standard InChI is InChI=1S/C16H15N5O7/c17-16(22)19(28-10-13-3-7-15(8-4-13)21(25)26)11-18-27-9-12-1-5-14(6-2-12)20(23)24/h1-8,11H,9-10H2,(H2,17,22)/b18-11+. The van der Waals surface area contributed by atoms with Gasteiger partial charge in [0.15, 0.2) is 6.34 Å². The maximum atomic E-state index is 11.4. The Balaban J connectivity index is 1.85. The first-order valence-electron chi connectivity index (χ1n) is 7.70. The number of rotatable bonds is 9. The SMILES string of the molecule is NC(=O)N(/C=N/OCc1ccc([N+](=O)[O-])cc1)OCc1ccc([N+](=O)[O-])cc1. The minimum atomic E-state index is -0.954. The highest BCUT2D eigenvalue weighted by molar-refractivity contribution is 5.83. The van der Waals surface area contributed by atoms with Gasteiger partial charge in [0.2, 0.25) is 0 Å². The van der Waals surface area contributed by atoms with Crippen molar-refractivity contribution in [1.29, 1.82) is 0 Å². The number of hydrogen-bond acceptors (Lipinski definition) is 8. The second kappa shape index (κ2) is 9.59. The molecule has 2 rings (SSSR count). The molecule has 2 N–H and O–H groups in total. The van der Waals surface area contributed by atoms with Crippen LogP contribution in [-0.2, 0) is 22.9 Å². The molecule has 28 heavy (non-hydrogen) atoms. The largest absolute Gasteiger partial charge is 0.390 e. The van der Waals surface area contributed by atoms with Crippen LogP contribution >= 0.6 is 0 Å². The lowest BCUT2D eigenvalue weighted by atomic mass is 10.2. The summed E-state index contributed by atoms with van der Waals surface area (Å²) in [5, 5.41) is 25.4. The van der Waals surface area contributed by atoms with Crippen LogP contribution in [0.5, 0.6) is 0 Å².